The Morgan fingerprint density at radius 2 is 1.84 bits per heavy atom. The van der Waals surface area contributed by atoms with Crippen LogP contribution in [0.15, 0.2) is 79.6 Å². The summed E-state index contributed by atoms with van der Waals surface area (Å²) in [6.07, 6.45) is 6.92. The summed E-state index contributed by atoms with van der Waals surface area (Å²) in [5.74, 6) is -1.59. The molecule has 0 atom stereocenters. The van der Waals surface area contributed by atoms with Gasteiger partial charge in [-0.2, -0.15) is 0 Å². The highest BCUT2D eigenvalue weighted by molar-refractivity contribution is 5.90. The van der Waals surface area contributed by atoms with Crippen molar-refractivity contribution in [2.24, 2.45) is 0 Å². The number of benzene rings is 3. The highest BCUT2D eigenvalue weighted by Crippen LogP contribution is 2.31. The van der Waals surface area contributed by atoms with E-state index in [0.717, 1.165) is 22.8 Å². The van der Waals surface area contributed by atoms with E-state index in [9.17, 15) is 13.6 Å². The summed E-state index contributed by atoms with van der Waals surface area (Å²) in [5, 5.41) is 2.74. The minimum atomic E-state index is -0.684. The molecule has 0 radical (unpaired) electrons. The third-order valence-corrected chi connectivity index (χ3v) is 5.09. The number of carbonyl (C=O) groups is 1. The summed E-state index contributed by atoms with van der Waals surface area (Å²) in [6.45, 7) is 1.40. The first-order valence-corrected chi connectivity index (χ1v) is 9.82. The molecule has 0 unspecified atom stereocenters. The van der Waals surface area contributed by atoms with Gasteiger partial charge in [0.15, 0.2) is 0 Å². The van der Waals surface area contributed by atoms with Crippen LogP contribution in [-0.4, -0.2) is 25.0 Å². The molecule has 1 N–H and O–H groups in total. The topological polar surface area (TPSA) is 64.7 Å². The number of rotatable bonds is 4. The van der Waals surface area contributed by atoms with Crippen molar-refractivity contribution in [1.82, 2.24) is 19.1 Å². The average Bonchev–Trinajstić information content (AvgIpc) is 3.42. The third kappa shape index (κ3) is 3.62. The second-order valence-corrected chi connectivity index (χ2v) is 7.33. The summed E-state index contributed by atoms with van der Waals surface area (Å²) in [6, 6.07) is 14.4. The van der Waals surface area contributed by atoms with Crippen molar-refractivity contribution in [3.8, 4) is 22.5 Å². The average molecular weight is 429 g/mol. The molecule has 0 aliphatic rings. The maximum atomic E-state index is 14.5. The Kier molecular flexibility index (Phi) is 4.74. The lowest BCUT2D eigenvalue weighted by Gasteiger charge is -2.13. The summed E-state index contributed by atoms with van der Waals surface area (Å²) in [4.78, 5) is 20.2. The molecule has 5 rings (SSSR count). The largest absolute Gasteiger partial charge is 0.326 e. The number of halogens is 2. The van der Waals surface area contributed by atoms with Gasteiger partial charge >= 0.3 is 0 Å². The van der Waals surface area contributed by atoms with Crippen LogP contribution in [0, 0.1) is 11.6 Å². The van der Waals surface area contributed by atoms with Gasteiger partial charge in [-0.3, -0.25) is 9.36 Å². The first-order chi connectivity index (χ1) is 15.5. The Hall–Kier alpha value is -4.33. The number of nitrogens with one attached hydrogen (secondary N) is 1. The van der Waals surface area contributed by atoms with Gasteiger partial charge in [0.25, 0.3) is 0 Å². The van der Waals surface area contributed by atoms with Crippen LogP contribution in [0.25, 0.3) is 33.5 Å². The molecule has 0 fully saturated rings. The number of imidazole rings is 2. The normalized spacial score (nSPS) is 11.1. The minimum absolute atomic E-state index is 0.228. The maximum absolute atomic E-state index is 14.5. The van der Waals surface area contributed by atoms with Crippen molar-refractivity contribution >= 4 is 22.6 Å². The van der Waals surface area contributed by atoms with E-state index in [4.69, 9.17) is 0 Å². The lowest BCUT2D eigenvalue weighted by Crippen LogP contribution is -2.07. The van der Waals surface area contributed by atoms with E-state index in [1.807, 2.05) is 33.5 Å². The van der Waals surface area contributed by atoms with Crippen LogP contribution in [0.3, 0.4) is 0 Å². The third-order valence-electron chi connectivity index (χ3n) is 5.09. The van der Waals surface area contributed by atoms with Crippen LogP contribution in [0.1, 0.15) is 6.92 Å². The van der Waals surface area contributed by atoms with Gasteiger partial charge in [0.2, 0.25) is 5.91 Å². The molecule has 2 aromatic heterocycles. The van der Waals surface area contributed by atoms with Gasteiger partial charge in [-0.15, -0.1) is 0 Å². The molecule has 0 aliphatic carbocycles. The fourth-order valence-corrected chi connectivity index (χ4v) is 3.68. The molecule has 1 amide bonds. The zero-order valence-electron chi connectivity index (χ0n) is 17.0. The van der Waals surface area contributed by atoms with Gasteiger partial charge in [-0.1, -0.05) is 0 Å². The van der Waals surface area contributed by atoms with E-state index in [1.165, 1.54) is 19.1 Å². The molecule has 158 valence electrons. The second kappa shape index (κ2) is 7.73. The highest BCUT2D eigenvalue weighted by atomic mass is 19.1. The van der Waals surface area contributed by atoms with E-state index in [0.29, 0.717) is 16.9 Å². The molecule has 32 heavy (non-hydrogen) atoms. The minimum Gasteiger partial charge on any atom is -0.326 e. The van der Waals surface area contributed by atoms with Crippen molar-refractivity contribution in [2.75, 3.05) is 5.32 Å². The molecule has 0 spiro atoms. The first-order valence-electron chi connectivity index (χ1n) is 9.82. The highest BCUT2D eigenvalue weighted by Gasteiger charge is 2.13. The van der Waals surface area contributed by atoms with Crippen molar-refractivity contribution in [3.05, 3.63) is 91.3 Å². The van der Waals surface area contributed by atoms with E-state index >= 15 is 0 Å². The Morgan fingerprint density at radius 3 is 2.59 bits per heavy atom. The lowest BCUT2D eigenvalue weighted by molar-refractivity contribution is -0.114. The van der Waals surface area contributed by atoms with Crippen LogP contribution in [0.4, 0.5) is 14.5 Å². The predicted octanol–water partition coefficient (Wildman–Crippen LogP) is 5.11. The van der Waals surface area contributed by atoms with Crippen LogP contribution in [0.5, 0.6) is 0 Å². The van der Waals surface area contributed by atoms with Gasteiger partial charge in [-0.25, -0.2) is 18.7 Å². The van der Waals surface area contributed by atoms with E-state index in [-0.39, 0.29) is 11.5 Å². The van der Waals surface area contributed by atoms with Gasteiger partial charge < -0.3 is 9.88 Å². The molecular weight excluding hydrogens is 412 g/mol. The quantitative estimate of drug-likeness (QED) is 0.432. The molecule has 0 bridgehead atoms. The molecule has 3 aromatic carbocycles. The fourth-order valence-electron chi connectivity index (χ4n) is 3.68. The van der Waals surface area contributed by atoms with E-state index in [1.54, 1.807) is 37.1 Å². The Labute approximate surface area is 181 Å². The lowest BCUT2D eigenvalue weighted by atomic mass is 10.0. The Morgan fingerprint density at radius 1 is 0.969 bits per heavy atom. The smallest absolute Gasteiger partial charge is 0.221 e. The molecule has 5 aromatic rings. The molecule has 0 aliphatic heterocycles. The molecular formula is C24H17F2N5O. The van der Waals surface area contributed by atoms with Crippen LogP contribution in [0.2, 0.25) is 0 Å². The molecule has 6 nitrogen and oxygen atoms in total. The second-order valence-electron chi connectivity index (χ2n) is 7.33. The zero-order valence-corrected chi connectivity index (χ0v) is 17.0. The number of nitrogens with zero attached hydrogens (tertiary/aromatic N) is 4. The maximum Gasteiger partial charge on any atom is 0.221 e. The standard InChI is InChI=1S/C24H17F2N5O/c1-15(32)29-18-8-16(21-4-2-17(25)10-22(21)26)9-20(11-18)31-14-28-23-12-19(3-5-24(23)31)30-7-6-27-13-30/h2-14H,1H3,(H,29,32). The fraction of sp³-hybridized carbons (Fsp3) is 0.0417. The SMILES string of the molecule is CC(=O)Nc1cc(-c2ccc(F)cc2F)cc(-n2cnc3cc(-n4ccnc4)ccc32)c1. The number of anilines is 1. The first kappa shape index (κ1) is 19.6. The summed E-state index contributed by atoms with van der Waals surface area (Å²) < 4.78 is 31.6. The Bertz CT molecular complexity index is 1460. The zero-order chi connectivity index (χ0) is 22.2. The number of carbonyl (C=O) groups excluding carboxylic acids is 1. The summed E-state index contributed by atoms with van der Waals surface area (Å²) >= 11 is 0. The predicted molar refractivity (Wildman–Crippen MR) is 118 cm³/mol. The Balaban J connectivity index is 1.65. The van der Waals surface area contributed by atoms with Crippen molar-refractivity contribution in [1.29, 1.82) is 0 Å². The van der Waals surface area contributed by atoms with Crippen molar-refractivity contribution < 1.29 is 13.6 Å². The summed E-state index contributed by atoms with van der Waals surface area (Å²) in [5.41, 5.74) is 4.40. The van der Waals surface area contributed by atoms with Gasteiger partial charge in [0.05, 0.1) is 17.4 Å². The number of hydrogen-bond donors (Lipinski definition) is 1. The van der Waals surface area contributed by atoms with E-state index < -0.39 is 11.6 Å². The molecule has 0 saturated heterocycles. The van der Waals surface area contributed by atoms with E-state index in [2.05, 4.69) is 15.3 Å². The molecule has 2 heterocycles. The van der Waals surface area contributed by atoms with Gasteiger partial charge in [0, 0.05) is 48.0 Å². The molecule has 8 heteroatoms. The van der Waals surface area contributed by atoms with Crippen LogP contribution in [-0.2, 0) is 4.79 Å². The molecule has 0 saturated carbocycles. The van der Waals surface area contributed by atoms with Crippen LogP contribution >= 0.6 is 0 Å². The van der Waals surface area contributed by atoms with Gasteiger partial charge in [-0.05, 0) is 54.1 Å². The van der Waals surface area contributed by atoms with Crippen molar-refractivity contribution in [2.45, 2.75) is 6.92 Å². The number of amides is 1. The van der Waals surface area contributed by atoms with Crippen LogP contribution < -0.4 is 5.32 Å². The van der Waals surface area contributed by atoms with Crippen molar-refractivity contribution in [3.63, 3.8) is 0 Å². The monoisotopic (exact) mass is 429 g/mol. The summed E-state index contributed by atoms with van der Waals surface area (Å²) in [7, 11) is 0. The number of aromatic nitrogens is 4. The number of hydrogen-bond acceptors (Lipinski definition) is 3. The van der Waals surface area contributed by atoms with Gasteiger partial charge in [0.1, 0.15) is 18.0 Å². The number of fused-ring (bicyclic) bond motifs is 1.